The maximum atomic E-state index is 3.60. The summed E-state index contributed by atoms with van der Waals surface area (Å²) in [6.45, 7) is 0.964. The van der Waals surface area contributed by atoms with E-state index in [4.69, 9.17) is 0 Å². The molecule has 1 aliphatic rings. The van der Waals surface area contributed by atoms with Crippen LogP contribution in [0.25, 0.3) is 0 Å². The van der Waals surface area contributed by atoms with E-state index in [0.29, 0.717) is 12.0 Å². The van der Waals surface area contributed by atoms with Crippen LogP contribution in [0.3, 0.4) is 0 Å². The lowest BCUT2D eigenvalue weighted by molar-refractivity contribution is 0.179. The summed E-state index contributed by atoms with van der Waals surface area (Å²) >= 11 is 0. The van der Waals surface area contributed by atoms with Crippen LogP contribution in [0.15, 0.2) is 60.7 Å². The van der Waals surface area contributed by atoms with Gasteiger partial charge in [-0.15, -0.1) is 0 Å². The van der Waals surface area contributed by atoms with Crippen LogP contribution in [0.2, 0.25) is 0 Å². The third-order valence-electron chi connectivity index (χ3n) is 4.98. The monoisotopic (exact) mass is 317 g/mol. The summed E-state index contributed by atoms with van der Waals surface area (Å²) in [6.07, 6.45) is 6.72. The van der Waals surface area contributed by atoms with Gasteiger partial charge in [-0.05, 0) is 43.5 Å². The van der Waals surface area contributed by atoms with Gasteiger partial charge in [0, 0.05) is 12.1 Å². The fraction of sp³-hybridized carbons (Fsp3) is 0.391. The summed E-state index contributed by atoms with van der Waals surface area (Å²) in [6, 6.07) is 21.4. The first kappa shape index (κ1) is 16.8. The zero-order chi connectivity index (χ0) is 16.6. The molecule has 2 aromatic rings. The molecule has 0 bridgehead atoms. The van der Waals surface area contributed by atoms with Crippen LogP contribution >= 0.6 is 0 Å². The average Bonchev–Trinajstić information content (AvgIpc) is 2.64. The second-order valence-electron chi connectivity index (χ2n) is 6.88. The van der Waals surface area contributed by atoms with Crippen LogP contribution < -0.4 is 0 Å². The smallest absolute Gasteiger partial charge is 0.0747 e. The molecule has 24 heavy (non-hydrogen) atoms. The highest BCUT2D eigenvalue weighted by Gasteiger charge is 2.25. The zero-order valence-electron chi connectivity index (χ0n) is 14.6. The van der Waals surface area contributed by atoms with Crippen molar-refractivity contribution in [2.45, 2.75) is 44.7 Å². The Bertz CT molecular complexity index is 659. The summed E-state index contributed by atoms with van der Waals surface area (Å²) in [5.41, 5.74) is 2.48. The van der Waals surface area contributed by atoms with Gasteiger partial charge >= 0.3 is 0 Å². The fourth-order valence-electron chi connectivity index (χ4n) is 3.69. The molecule has 1 heteroatoms. The van der Waals surface area contributed by atoms with E-state index >= 15 is 0 Å². The fourth-order valence-corrected chi connectivity index (χ4v) is 3.69. The van der Waals surface area contributed by atoms with Gasteiger partial charge in [0.05, 0.1) is 6.04 Å². The number of hydrogen-bond acceptors (Lipinski definition) is 1. The quantitative estimate of drug-likeness (QED) is 0.708. The highest BCUT2D eigenvalue weighted by Crippen LogP contribution is 2.29. The average molecular weight is 317 g/mol. The summed E-state index contributed by atoms with van der Waals surface area (Å²) < 4.78 is 0. The highest BCUT2D eigenvalue weighted by atomic mass is 15.1. The molecule has 2 aromatic carbocycles. The molecular weight excluding hydrogens is 290 g/mol. The standard InChI is InChI=1S/C23H27N/c1-24(19-21-13-7-3-8-14-21)23(22-15-9-4-10-16-22)18-17-20-11-5-2-6-12-20/h2-3,5-8,11-14,22-23H,4,9-10,15-16,19H2,1H3. The van der Waals surface area contributed by atoms with Crippen LogP contribution in [0.4, 0.5) is 0 Å². The summed E-state index contributed by atoms with van der Waals surface area (Å²) in [4.78, 5) is 2.45. The summed E-state index contributed by atoms with van der Waals surface area (Å²) in [7, 11) is 2.23. The molecule has 1 nitrogen and oxygen atoms in total. The Morgan fingerprint density at radius 1 is 0.917 bits per heavy atom. The van der Waals surface area contributed by atoms with Gasteiger partial charge in [0.15, 0.2) is 0 Å². The molecule has 3 rings (SSSR count). The molecule has 0 aliphatic heterocycles. The van der Waals surface area contributed by atoms with Crippen molar-refractivity contribution >= 4 is 0 Å². The van der Waals surface area contributed by atoms with Gasteiger partial charge < -0.3 is 0 Å². The number of nitrogens with zero attached hydrogens (tertiary/aromatic N) is 1. The van der Waals surface area contributed by atoms with Crippen LogP contribution in [-0.2, 0) is 6.54 Å². The van der Waals surface area contributed by atoms with Crippen molar-refractivity contribution in [1.29, 1.82) is 0 Å². The maximum absolute atomic E-state index is 3.60. The molecular formula is C23H27N. The molecule has 1 unspecified atom stereocenters. The molecule has 0 aromatic heterocycles. The molecule has 0 heterocycles. The molecule has 124 valence electrons. The van der Waals surface area contributed by atoms with Gasteiger partial charge in [-0.2, -0.15) is 0 Å². The zero-order valence-corrected chi connectivity index (χ0v) is 14.6. The van der Waals surface area contributed by atoms with Gasteiger partial charge in [0.25, 0.3) is 0 Å². The van der Waals surface area contributed by atoms with E-state index in [1.54, 1.807) is 0 Å². The predicted octanol–water partition coefficient (Wildman–Crippen LogP) is 5.12. The lowest BCUT2D eigenvalue weighted by Crippen LogP contribution is -2.37. The van der Waals surface area contributed by atoms with E-state index in [-0.39, 0.29) is 0 Å². The van der Waals surface area contributed by atoms with E-state index in [1.807, 2.05) is 6.07 Å². The lowest BCUT2D eigenvalue weighted by atomic mass is 9.83. The number of benzene rings is 2. The van der Waals surface area contributed by atoms with Gasteiger partial charge in [-0.1, -0.05) is 79.6 Å². The SMILES string of the molecule is CN(Cc1ccccc1)C(C#Cc1ccccc1)C1CCCCC1. The Hall–Kier alpha value is -2.04. The van der Waals surface area contributed by atoms with Crippen molar-refractivity contribution in [3.8, 4) is 11.8 Å². The van der Waals surface area contributed by atoms with Crippen molar-refractivity contribution in [2.24, 2.45) is 5.92 Å². The minimum absolute atomic E-state index is 0.339. The minimum atomic E-state index is 0.339. The maximum Gasteiger partial charge on any atom is 0.0747 e. The molecule has 0 saturated heterocycles. The number of hydrogen-bond donors (Lipinski definition) is 0. The van der Waals surface area contributed by atoms with Crippen LogP contribution in [0, 0.1) is 17.8 Å². The second-order valence-corrected chi connectivity index (χ2v) is 6.88. The molecule has 0 radical (unpaired) electrons. The Kier molecular flexibility index (Phi) is 6.10. The topological polar surface area (TPSA) is 3.24 Å². The van der Waals surface area contributed by atoms with E-state index in [2.05, 4.69) is 78.4 Å². The Morgan fingerprint density at radius 3 is 2.21 bits per heavy atom. The molecule has 1 atom stereocenters. The van der Waals surface area contributed by atoms with Crippen LogP contribution in [-0.4, -0.2) is 18.0 Å². The number of rotatable bonds is 4. The molecule has 1 fully saturated rings. The first-order chi connectivity index (χ1) is 11.8. The molecule has 0 spiro atoms. The van der Waals surface area contributed by atoms with E-state index < -0.39 is 0 Å². The van der Waals surface area contributed by atoms with Crippen LogP contribution in [0.1, 0.15) is 43.2 Å². The molecule has 0 N–H and O–H groups in total. The Balaban J connectivity index is 1.77. The summed E-state index contributed by atoms with van der Waals surface area (Å²) in [5, 5.41) is 0. The van der Waals surface area contributed by atoms with Gasteiger partial charge in [-0.25, -0.2) is 0 Å². The van der Waals surface area contributed by atoms with Crippen molar-refractivity contribution in [3.63, 3.8) is 0 Å². The van der Waals surface area contributed by atoms with E-state index in [9.17, 15) is 0 Å². The van der Waals surface area contributed by atoms with Crippen molar-refractivity contribution in [1.82, 2.24) is 4.90 Å². The first-order valence-electron chi connectivity index (χ1n) is 9.14. The van der Waals surface area contributed by atoms with Crippen LogP contribution in [0.5, 0.6) is 0 Å². The van der Waals surface area contributed by atoms with E-state index in [1.165, 1.54) is 37.7 Å². The van der Waals surface area contributed by atoms with Gasteiger partial charge in [0.2, 0.25) is 0 Å². The van der Waals surface area contributed by atoms with Crippen molar-refractivity contribution in [2.75, 3.05) is 7.05 Å². The second kappa shape index (κ2) is 8.71. The normalized spacial score (nSPS) is 16.4. The third-order valence-corrected chi connectivity index (χ3v) is 4.98. The van der Waals surface area contributed by atoms with E-state index in [0.717, 1.165) is 12.1 Å². The molecule has 0 amide bonds. The molecule has 1 saturated carbocycles. The van der Waals surface area contributed by atoms with Gasteiger partial charge in [0.1, 0.15) is 0 Å². The predicted molar refractivity (Wildman–Crippen MR) is 102 cm³/mol. The lowest BCUT2D eigenvalue weighted by Gasteiger charge is -2.33. The third kappa shape index (κ3) is 4.73. The highest BCUT2D eigenvalue weighted by molar-refractivity contribution is 5.35. The van der Waals surface area contributed by atoms with Gasteiger partial charge in [-0.3, -0.25) is 4.90 Å². The molecule has 1 aliphatic carbocycles. The minimum Gasteiger partial charge on any atom is -0.288 e. The summed E-state index contributed by atoms with van der Waals surface area (Å²) in [5.74, 6) is 7.72. The largest absolute Gasteiger partial charge is 0.288 e. The Morgan fingerprint density at radius 2 is 1.54 bits per heavy atom. The Labute approximate surface area is 146 Å². The van der Waals surface area contributed by atoms with Crippen molar-refractivity contribution in [3.05, 3.63) is 71.8 Å². The van der Waals surface area contributed by atoms with Crippen molar-refractivity contribution < 1.29 is 0 Å². The first-order valence-corrected chi connectivity index (χ1v) is 9.14.